The topological polar surface area (TPSA) is 102 Å². The molecule has 1 aliphatic heterocycles. The zero-order valence-electron chi connectivity index (χ0n) is 15.1. The molecule has 27 heavy (non-hydrogen) atoms. The number of hydrogen-bond donors (Lipinski definition) is 2. The number of aliphatic hydroxyl groups is 1. The minimum Gasteiger partial charge on any atom is -0.507 e. The average molecular weight is 391 g/mol. The number of halogens is 1. The molecule has 2 N–H and O–H groups in total. The first-order chi connectivity index (χ1) is 13.0. The Morgan fingerprint density at radius 2 is 2.11 bits per heavy atom. The van der Waals surface area contributed by atoms with Gasteiger partial charge in [-0.15, -0.1) is 0 Å². The molecule has 1 spiro atoms. The summed E-state index contributed by atoms with van der Waals surface area (Å²) in [5, 5.41) is 17.2. The van der Waals surface area contributed by atoms with Crippen molar-refractivity contribution in [1.82, 2.24) is 10.2 Å². The van der Waals surface area contributed by atoms with Crippen molar-refractivity contribution in [1.29, 1.82) is 0 Å². The number of hydrogen-bond acceptors (Lipinski definition) is 6. The molecule has 2 heterocycles. The molecule has 7 nitrogen and oxygen atoms in total. The second kappa shape index (κ2) is 7.08. The zero-order chi connectivity index (χ0) is 19.8. The molecular formula is C19H19ClN2O5. The number of nitrogens with zero attached hydrogens (tertiary/aromatic N) is 1. The molecule has 0 unspecified atom stereocenters. The van der Waals surface area contributed by atoms with Crippen LogP contribution in [0.25, 0.3) is 11.3 Å². The smallest absolute Gasteiger partial charge is 0.228 e. The number of fused-ring (bicyclic) bond motifs is 1. The number of benzene rings is 1. The van der Waals surface area contributed by atoms with Gasteiger partial charge in [0.1, 0.15) is 17.1 Å². The third kappa shape index (κ3) is 2.78. The third-order valence-electron chi connectivity index (χ3n) is 4.50. The highest BCUT2D eigenvalue weighted by molar-refractivity contribution is 6.36. The van der Waals surface area contributed by atoms with Gasteiger partial charge in [-0.05, 0) is 12.1 Å². The lowest BCUT2D eigenvalue weighted by molar-refractivity contribution is -0.116. The largest absolute Gasteiger partial charge is 0.507 e. The summed E-state index contributed by atoms with van der Waals surface area (Å²) in [6.45, 7) is 4.00. The van der Waals surface area contributed by atoms with E-state index < -0.39 is 17.1 Å². The number of Topliss-reactive ketones (excluding diaryl/α,β-unsaturated/α-hetero) is 1. The van der Waals surface area contributed by atoms with Gasteiger partial charge in [-0.2, -0.15) is 5.10 Å². The minimum atomic E-state index is -1.63. The van der Waals surface area contributed by atoms with Crippen molar-refractivity contribution in [2.75, 3.05) is 7.11 Å². The summed E-state index contributed by atoms with van der Waals surface area (Å²) in [5.41, 5.74) is -0.290. The third-order valence-corrected chi connectivity index (χ3v) is 4.88. The number of aromatic nitrogens is 2. The van der Waals surface area contributed by atoms with E-state index in [2.05, 4.69) is 10.2 Å². The van der Waals surface area contributed by atoms with Crippen molar-refractivity contribution < 1.29 is 24.2 Å². The maximum Gasteiger partial charge on any atom is 0.228 e. The maximum absolute atomic E-state index is 13.0. The van der Waals surface area contributed by atoms with Crippen LogP contribution >= 0.6 is 11.6 Å². The lowest BCUT2D eigenvalue weighted by Crippen LogP contribution is -2.45. The van der Waals surface area contributed by atoms with Crippen LogP contribution in [0.3, 0.4) is 0 Å². The summed E-state index contributed by atoms with van der Waals surface area (Å²) >= 11 is 6.47. The first-order valence-corrected chi connectivity index (χ1v) is 8.94. The van der Waals surface area contributed by atoms with Gasteiger partial charge in [-0.25, -0.2) is 0 Å². The lowest BCUT2D eigenvalue weighted by Gasteiger charge is -2.28. The first-order valence-electron chi connectivity index (χ1n) is 8.56. The summed E-state index contributed by atoms with van der Waals surface area (Å²) in [7, 11) is 1.43. The summed E-state index contributed by atoms with van der Waals surface area (Å²) in [4.78, 5) is 24.6. The number of methoxy groups -OCH3 is 1. The Morgan fingerprint density at radius 1 is 1.37 bits per heavy atom. The molecule has 0 saturated carbocycles. The molecule has 0 saturated heterocycles. The normalized spacial score (nSPS) is 20.5. The standard InChI is InChI=1S/C17H13ClN2O5.C2H6/c1-24-11-7-9(10-3-5-19-20-10)14(18)15-13(11)16(23)17(25-15)4-2-8(21)6-12(17)22;1-2/h3,5-7,22H,2,4H2,1H3,(H,19,20);1-2H3/t17-;/m0./s1. The second-order valence-electron chi connectivity index (χ2n) is 5.87. The van der Waals surface area contributed by atoms with Crippen molar-refractivity contribution in [2.24, 2.45) is 0 Å². The predicted molar refractivity (Wildman–Crippen MR) is 99.6 cm³/mol. The molecule has 0 radical (unpaired) electrons. The fourth-order valence-electron chi connectivity index (χ4n) is 3.21. The molecule has 0 amide bonds. The number of allylic oxidation sites excluding steroid dienone is 1. The number of rotatable bonds is 2. The highest BCUT2D eigenvalue weighted by Gasteiger charge is 2.55. The van der Waals surface area contributed by atoms with Gasteiger partial charge in [-0.3, -0.25) is 14.7 Å². The second-order valence-corrected chi connectivity index (χ2v) is 6.25. The van der Waals surface area contributed by atoms with Crippen molar-refractivity contribution in [3.8, 4) is 22.8 Å². The summed E-state index contributed by atoms with van der Waals surface area (Å²) in [5.74, 6) is -0.739. The van der Waals surface area contributed by atoms with E-state index in [0.717, 1.165) is 6.08 Å². The molecule has 0 fully saturated rings. The predicted octanol–water partition coefficient (Wildman–Crippen LogP) is 3.88. The Labute approximate surface area is 160 Å². The zero-order valence-corrected chi connectivity index (χ0v) is 15.9. The molecule has 142 valence electrons. The van der Waals surface area contributed by atoms with E-state index in [1.54, 1.807) is 18.3 Å². The van der Waals surface area contributed by atoms with E-state index in [4.69, 9.17) is 21.1 Å². The Morgan fingerprint density at radius 3 is 2.70 bits per heavy atom. The number of nitrogens with one attached hydrogen (secondary N) is 1. The average Bonchev–Trinajstić information content (AvgIpc) is 3.30. The molecule has 0 bridgehead atoms. The van der Waals surface area contributed by atoms with Crippen LogP contribution in [0.4, 0.5) is 0 Å². The summed E-state index contributed by atoms with van der Waals surface area (Å²) in [6, 6.07) is 3.33. The van der Waals surface area contributed by atoms with Crippen LogP contribution in [0.5, 0.6) is 11.5 Å². The lowest BCUT2D eigenvalue weighted by atomic mass is 9.83. The van der Waals surface area contributed by atoms with Crippen molar-refractivity contribution in [2.45, 2.75) is 32.3 Å². The fraction of sp³-hybridized carbons (Fsp3) is 0.316. The SMILES string of the molecule is CC.COc1cc(-c2ccn[nH]2)c(Cl)c2c1C(=O)[C@@]1(CCC(=O)C=C1O)O2. The quantitative estimate of drug-likeness (QED) is 0.806. The number of carbonyl (C=O) groups excluding carboxylic acids is 2. The molecule has 2 aliphatic rings. The van der Waals surface area contributed by atoms with Gasteiger partial charge in [0.15, 0.2) is 11.5 Å². The molecule has 2 aromatic rings. The van der Waals surface area contributed by atoms with Crippen LogP contribution in [0.2, 0.25) is 5.02 Å². The first kappa shape index (κ1) is 19.0. The van der Waals surface area contributed by atoms with Gasteiger partial charge >= 0.3 is 0 Å². The monoisotopic (exact) mass is 390 g/mol. The molecule has 1 atom stereocenters. The number of H-pyrrole nitrogens is 1. The summed E-state index contributed by atoms with van der Waals surface area (Å²) in [6.07, 6.45) is 2.74. The van der Waals surface area contributed by atoms with E-state index in [9.17, 15) is 14.7 Å². The maximum atomic E-state index is 13.0. The van der Waals surface area contributed by atoms with Crippen LogP contribution in [0, 0.1) is 0 Å². The molecular weight excluding hydrogens is 372 g/mol. The van der Waals surface area contributed by atoms with Crippen LogP contribution in [-0.2, 0) is 4.79 Å². The van der Waals surface area contributed by atoms with Crippen molar-refractivity contribution in [3.05, 3.63) is 40.8 Å². The molecule has 1 aromatic heterocycles. The number of ketones is 2. The van der Waals surface area contributed by atoms with Gasteiger partial charge in [-0.1, -0.05) is 25.4 Å². The van der Waals surface area contributed by atoms with Crippen LogP contribution in [0.15, 0.2) is 30.2 Å². The number of ether oxygens (including phenoxy) is 2. The van der Waals surface area contributed by atoms with E-state index >= 15 is 0 Å². The highest BCUT2D eigenvalue weighted by atomic mass is 35.5. The van der Waals surface area contributed by atoms with Gasteiger partial charge in [0.25, 0.3) is 0 Å². The van der Waals surface area contributed by atoms with Gasteiger partial charge in [0.2, 0.25) is 11.4 Å². The van der Waals surface area contributed by atoms with Gasteiger partial charge in [0.05, 0.1) is 17.8 Å². The fourth-order valence-corrected chi connectivity index (χ4v) is 3.50. The molecule has 1 aliphatic carbocycles. The molecule has 8 heteroatoms. The van der Waals surface area contributed by atoms with E-state index in [0.29, 0.717) is 11.3 Å². The Hall–Kier alpha value is -2.80. The molecule has 4 rings (SSSR count). The number of aromatic amines is 1. The van der Waals surface area contributed by atoms with Crippen molar-refractivity contribution in [3.63, 3.8) is 0 Å². The van der Waals surface area contributed by atoms with Crippen LogP contribution in [0.1, 0.15) is 37.0 Å². The van der Waals surface area contributed by atoms with E-state index in [1.165, 1.54) is 7.11 Å². The summed E-state index contributed by atoms with van der Waals surface area (Å²) < 4.78 is 11.2. The Bertz CT molecular complexity index is 936. The van der Waals surface area contributed by atoms with Crippen molar-refractivity contribution >= 4 is 23.2 Å². The molecule has 1 aromatic carbocycles. The van der Waals surface area contributed by atoms with E-state index in [-0.39, 0.29) is 40.7 Å². The van der Waals surface area contributed by atoms with Gasteiger partial charge in [0, 0.05) is 30.7 Å². The van der Waals surface area contributed by atoms with Gasteiger partial charge < -0.3 is 14.6 Å². The van der Waals surface area contributed by atoms with Crippen LogP contribution < -0.4 is 9.47 Å². The Balaban J connectivity index is 0.00000102. The Kier molecular flexibility index (Phi) is 4.97. The number of aliphatic hydroxyl groups excluding tert-OH is 1. The number of carbonyl (C=O) groups is 2. The highest BCUT2D eigenvalue weighted by Crippen LogP contribution is 2.52. The van der Waals surface area contributed by atoms with E-state index in [1.807, 2.05) is 13.8 Å². The minimum absolute atomic E-state index is 0.0422. The van der Waals surface area contributed by atoms with Crippen LogP contribution in [-0.4, -0.2) is 39.6 Å².